The Hall–Kier alpha value is -2.59. The molecule has 182 valence electrons. The van der Waals surface area contributed by atoms with Gasteiger partial charge < -0.3 is 9.47 Å². The highest BCUT2D eigenvalue weighted by molar-refractivity contribution is 5.85. The van der Waals surface area contributed by atoms with Gasteiger partial charge in [0.1, 0.15) is 24.8 Å². The minimum Gasteiger partial charge on any atom is -0.485 e. The molecule has 0 spiro atoms. The minimum atomic E-state index is -0.264. The van der Waals surface area contributed by atoms with Crippen LogP contribution < -0.4 is 9.47 Å². The van der Waals surface area contributed by atoms with Gasteiger partial charge in [0.05, 0.1) is 0 Å². The van der Waals surface area contributed by atoms with Crippen LogP contribution in [0, 0.1) is 17.6 Å². The summed E-state index contributed by atoms with van der Waals surface area (Å²) in [5.74, 6) is 1.68. The van der Waals surface area contributed by atoms with Gasteiger partial charge in [0.15, 0.2) is 11.5 Å². The van der Waals surface area contributed by atoms with E-state index in [0.29, 0.717) is 24.7 Å². The first-order valence-electron chi connectivity index (χ1n) is 12.0. The Morgan fingerprint density at radius 3 is 1.76 bits per heavy atom. The predicted octanol–water partition coefficient (Wildman–Crippen LogP) is 8.45. The van der Waals surface area contributed by atoms with E-state index in [9.17, 15) is 8.78 Å². The van der Waals surface area contributed by atoms with Gasteiger partial charge in [0.25, 0.3) is 0 Å². The molecule has 0 saturated heterocycles. The predicted molar refractivity (Wildman–Crippen MR) is 135 cm³/mol. The summed E-state index contributed by atoms with van der Waals surface area (Å²) in [5, 5.41) is 0. The second kappa shape index (κ2) is 13.3. The molecule has 1 saturated carbocycles. The van der Waals surface area contributed by atoms with E-state index in [0.717, 1.165) is 23.5 Å². The van der Waals surface area contributed by atoms with Crippen LogP contribution in [0.1, 0.15) is 61.6 Å². The average molecular weight is 487 g/mol. The van der Waals surface area contributed by atoms with E-state index < -0.39 is 0 Å². The maximum absolute atomic E-state index is 13.2. The normalized spacial score (nSPS) is 13.8. The van der Waals surface area contributed by atoms with E-state index in [4.69, 9.17) is 9.47 Å². The van der Waals surface area contributed by atoms with Crippen molar-refractivity contribution in [3.05, 3.63) is 95.1 Å². The molecule has 0 unspecified atom stereocenters. The molecule has 2 nitrogen and oxygen atoms in total. The molecule has 0 aromatic heterocycles. The van der Waals surface area contributed by atoms with Crippen molar-refractivity contribution in [2.24, 2.45) is 5.92 Å². The van der Waals surface area contributed by atoms with Crippen molar-refractivity contribution in [3.8, 4) is 11.5 Å². The fourth-order valence-electron chi connectivity index (χ4n) is 4.49. The molecule has 1 aliphatic rings. The molecule has 0 bridgehead atoms. The molecule has 0 amide bonds. The van der Waals surface area contributed by atoms with Crippen LogP contribution in [0.3, 0.4) is 0 Å². The van der Waals surface area contributed by atoms with Crippen molar-refractivity contribution < 1.29 is 18.3 Å². The molecule has 3 aromatic rings. The molecule has 0 heterocycles. The van der Waals surface area contributed by atoms with Crippen molar-refractivity contribution in [3.63, 3.8) is 0 Å². The lowest BCUT2D eigenvalue weighted by atomic mass is 9.85. The summed E-state index contributed by atoms with van der Waals surface area (Å²) in [6, 6.07) is 18.7. The number of hydrogen-bond donors (Lipinski definition) is 0. The maximum atomic E-state index is 13.2. The molecular formula is C29H33ClF2O2. The first-order chi connectivity index (χ1) is 16.2. The Morgan fingerprint density at radius 1 is 0.647 bits per heavy atom. The average Bonchev–Trinajstić information content (AvgIpc) is 2.85. The number of hydrogen-bond acceptors (Lipinski definition) is 2. The highest BCUT2D eigenvalue weighted by atomic mass is 35.5. The summed E-state index contributed by atoms with van der Waals surface area (Å²) in [7, 11) is 0. The fourth-order valence-corrected chi connectivity index (χ4v) is 4.49. The van der Waals surface area contributed by atoms with Crippen LogP contribution in [0.2, 0.25) is 0 Å². The molecule has 0 aliphatic heterocycles. The zero-order chi connectivity index (χ0) is 22.9. The molecule has 4 rings (SSSR count). The molecule has 0 N–H and O–H groups in total. The third-order valence-corrected chi connectivity index (χ3v) is 6.43. The molecule has 0 atom stereocenters. The van der Waals surface area contributed by atoms with Gasteiger partial charge in [-0.25, -0.2) is 8.78 Å². The molecule has 1 fully saturated rings. The zero-order valence-electron chi connectivity index (χ0n) is 19.5. The van der Waals surface area contributed by atoms with E-state index in [1.165, 1.54) is 74.8 Å². The van der Waals surface area contributed by atoms with E-state index >= 15 is 0 Å². The smallest absolute Gasteiger partial charge is 0.161 e. The van der Waals surface area contributed by atoms with Crippen molar-refractivity contribution in [2.75, 3.05) is 0 Å². The number of benzene rings is 3. The maximum Gasteiger partial charge on any atom is 0.161 e. The quantitative estimate of drug-likeness (QED) is 0.286. The van der Waals surface area contributed by atoms with Crippen molar-refractivity contribution >= 4 is 12.4 Å². The van der Waals surface area contributed by atoms with E-state index in [1.807, 2.05) is 6.07 Å². The fraction of sp³-hybridized carbons (Fsp3) is 0.379. The van der Waals surface area contributed by atoms with Crippen LogP contribution in [-0.4, -0.2) is 0 Å². The Bertz CT molecular complexity index is 1000. The van der Waals surface area contributed by atoms with Gasteiger partial charge >= 0.3 is 0 Å². The van der Waals surface area contributed by atoms with Crippen LogP contribution in [0.15, 0.2) is 66.7 Å². The first kappa shape index (κ1) is 26.0. The molecular weight excluding hydrogens is 454 g/mol. The summed E-state index contributed by atoms with van der Waals surface area (Å²) < 4.78 is 38.5. The number of ether oxygens (including phenoxy) is 2. The second-order valence-electron chi connectivity index (χ2n) is 9.01. The lowest BCUT2D eigenvalue weighted by molar-refractivity contribution is 0.255. The van der Waals surface area contributed by atoms with Crippen molar-refractivity contribution in [1.82, 2.24) is 0 Å². The second-order valence-corrected chi connectivity index (χ2v) is 9.01. The Morgan fingerprint density at radius 2 is 1.18 bits per heavy atom. The summed E-state index contributed by atoms with van der Waals surface area (Å²) in [6.07, 6.45) is 10.4. The summed E-state index contributed by atoms with van der Waals surface area (Å²) in [5.41, 5.74) is 3.01. The zero-order valence-corrected chi connectivity index (χ0v) is 20.3. The summed E-state index contributed by atoms with van der Waals surface area (Å²) >= 11 is 0. The number of rotatable bonds is 10. The van der Waals surface area contributed by atoms with Crippen LogP contribution >= 0.6 is 12.4 Å². The standard InChI is InChI=1S/C29H32F2O2.ClH/c30-26-14-9-24(10-15-26)20-32-28-18-13-23(8-4-7-22-5-2-1-3-6-22)19-29(28)33-21-25-11-16-27(31)17-12-25;/h9-19,22H,1-8,20-21H2;1H. The van der Waals surface area contributed by atoms with Gasteiger partial charge in [0, 0.05) is 0 Å². The largest absolute Gasteiger partial charge is 0.485 e. The molecule has 34 heavy (non-hydrogen) atoms. The topological polar surface area (TPSA) is 18.5 Å². The summed E-state index contributed by atoms with van der Waals surface area (Å²) in [6.45, 7) is 0.660. The van der Waals surface area contributed by atoms with Crippen molar-refractivity contribution in [1.29, 1.82) is 0 Å². The van der Waals surface area contributed by atoms with Crippen LogP contribution in [-0.2, 0) is 19.6 Å². The monoisotopic (exact) mass is 486 g/mol. The van der Waals surface area contributed by atoms with E-state index in [1.54, 1.807) is 24.3 Å². The molecule has 5 heteroatoms. The first-order valence-corrected chi connectivity index (χ1v) is 12.0. The van der Waals surface area contributed by atoms with Crippen molar-refractivity contribution in [2.45, 2.75) is 64.6 Å². The van der Waals surface area contributed by atoms with Gasteiger partial charge in [-0.3, -0.25) is 0 Å². The summed E-state index contributed by atoms with van der Waals surface area (Å²) in [4.78, 5) is 0. The Balaban J connectivity index is 0.00000324. The van der Waals surface area contributed by atoms with Crippen LogP contribution in [0.25, 0.3) is 0 Å². The molecule has 3 aromatic carbocycles. The Labute approximate surface area is 207 Å². The van der Waals surface area contributed by atoms with E-state index in [2.05, 4.69) is 12.1 Å². The SMILES string of the molecule is Cl.Fc1ccc(COc2ccc(CCCC3CCCCC3)cc2OCc2ccc(F)cc2)cc1. The van der Waals surface area contributed by atoms with Gasteiger partial charge in [0.2, 0.25) is 0 Å². The highest BCUT2D eigenvalue weighted by Crippen LogP contribution is 2.32. The van der Waals surface area contributed by atoms with Crippen LogP contribution in [0.5, 0.6) is 11.5 Å². The van der Waals surface area contributed by atoms with Gasteiger partial charge in [-0.05, 0) is 71.8 Å². The van der Waals surface area contributed by atoms with Gasteiger partial charge in [-0.2, -0.15) is 0 Å². The lowest BCUT2D eigenvalue weighted by Gasteiger charge is -2.21. The third-order valence-electron chi connectivity index (χ3n) is 6.43. The number of aryl methyl sites for hydroxylation is 1. The van der Waals surface area contributed by atoms with Gasteiger partial charge in [-0.15, -0.1) is 12.4 Å². The van der Waals surface area contributed by atoms with E-state index in [-0.39, 0.29) is 24.0 Å². The molecule has 0 radical (unpaired) electrons. The Kier molecular flexibility index (Phi) is 10.2. The minimum absolute atomic E-state index is 0. The third kappa shape index (κ3) is 8.02. The van der Waals surface area contributed by atoms with Crippen LogP contribution in [0.4, 0.5) is 8.78 Å². The lowest BCUT2D eigenvalue weighted by Crippen LogP contribution is -2.06. The number of halogens is 3. The van der Waals surface area contributed by atoms with Gasteiger partial charge in [-0.1, -0.05) is 68.9 Å². The molecule has 1 aliphatic carbocycles. The highest BCUT2D eigenvalue weighted by Gasteiger charge is 2.14.